The largest absolute Gasteiger partial charge is 0.354 e. The highest BCUT2D eigenvalue weighted by atomic mass is 35.5. The van der Waals surface area contributed by atoms with E-state index in [2.05, 4.69) is 30.6 Å². The molecule has 0 fully saturated rings. The summed E-state index contributed by atoms with van der Waals surface area (Å²) in [4.78, 5) is 16.3. The maximum absolute atomic E-state index is 5.79. The summed E-state index contributed by atoms with van der Waals surface area (Å²) in [5.74, 6) is 0.908. The minimum absolute atomic E-state index is 0.164. The van der Waals surface area contributed by atoms with Gasteiger partial charge in [0.25, 0.3) is 0 Å². The van der Waals surface area contributed by atoms with Crippen molar-refractivity contribution in [2.45, 2.75) is 13.5 Å². The van der Waals surface area contributed by atoms with Crippen molar-refractivity contribution < 1.29 is 0 Å². The fourth-order valence-corrected chi connectivity index (χ4v) is 1.88. The molecule has 0 radical (unpaired) electrons. The summed E-state index contributed by atoms with van der Waals surface area (Å²) in [5, 5.41) is 9.08. The van der Waals surface area contributed by atoms with E-state index in [1.165, 1.54) is 0 Å². The molecule has 0 saturated heterocycles. The second-order valence-corrected chi connectivity index (χ2v) is 4.38. The lowest BCUT2D eigenvalue weighted by Crippen LogP contribution is -2.08. The summed E-state index contributed by atoms with van der Waals surface area (Å²) in [6.45, 7) is 3.26. The third-order valence-electron chi connectivity index (χ3n) is 1.82. The van der Waals surface area contributed by atoms with Crippen LogP contribution in [0.25, 0.3) is 0 Å². The molecule has 0 amide bonds. The molecule has 2 aromatic rings. The maximum Gasteiger partial charge on any atom is 0.229 e. The van der Waals surface area contributed by atoms with E-state index < -0.39 is 0 Å². The molecule has 0 saturated carbocycles. The Morgan fingerprint density at radius 2 is 2.00 bits per heavy atom. The van der Waals surface area contributed by atoms with Gasteiger partial charge in [-0.15, -0.1) is 11.3 Å². The average Bonchev–Trinajstić information content (AvgIpc) is 2.79. The van der Waals surface area contributed by atoms with Crippen LogP contribution in [0.5, 0.6) is 0 Å². The quantitative estimate of drug-likeness (QED) is 0.866. The van der Waals surface area contributed by atoms with Crippen molar-refractivity contribution in [3.8, 4) is 0 Å². The van der Waals surface area contributed by atoms with Crippen molar-refractivity contribution in [3.63, 3.8) is 0 Å². The molecular weight excluding hydrogens is 260 g/mol. The Labute approximate surface area is 108 Å². The molecule has 0 spiro atoms. The van der Waals surface area contributed by atoms with Gasteiger partial charge in [-0.1, -0.05) is 0 Å². The van der Waals surface area contributed by atoms with E-state index in [1.807, 2.05) is 12.3 Å². The summed E-state index contributed by atoms with van der Waals surface area (Å²) >= 11 is 7.36. The van der Waals surface area contributed by atoms with E-state index in [-0.39, 0.29) is 5.28 Å². The summed E-state index contributed by atoms with van der Waals surface area (Å²) < 4.78 is 0. The number of hydrogen-bond acceptors (Lipinski definition) is 7. The molecule has 17 heavy (non-hydrogen) atoms. The van der Waals surface area contributed by atoms with E-state index >= 15 is 0 Å². The SMILES string of the molecule is CCNc1nc(Cl)nc(NCc2nccs2)n1. The summed E-state index contributed by atoms with van der Waals surface area (Å²) in [5.41, 5.74) is 0. The Balaban J connectivity index is 2.04. The van der Waals surface area contributed by atoms with E-state index in [9.17, 15) is 0 Å². The molecule has 0 unspecified atom stereocenters. The number of thiazole rings is 1. The standard InChI is InChI=1S/C9H11ClN6S/c1-2-11-8-14-7(10)15-9(16-8)13-5-6-12-3-4-17-6/h3-4H,2,5H2,1H3,(H2,11,13,14,15,16). The Bertz CT molecular complexity index is 474. The fourth-order valence-electron chi connectivity index (χ4n) is 1.16. The number of anilines is 2. The van der Waals surface area contributed by atoms with Gasteiger partial charge in [0, 0.05) is 18.1 Å². The number of aromatic nitrogens is 4. The van der Waals surface area contributed by atoms with Crippen molar-refractivity contribution >= 4 is 34.8 Å². The predicted octanol–water partition coefficient (Wildman–Crippen LogP) is 2.03. The molecule has 2 aromatic heterocycles. The third kappa shape index (κ3) is 3.50. The first-order chi connectivity index (χ1) is 8.28. The van der Waals surface area contributed by atoms with Gasteiger partial charge in [-0.3, -0.25) is 0 Å². The molecule has 0 aromatic carbocycles. The fraction of sp³-hybridized carbons (Fsp3) is 0.333. The minimum Gasteiger partial charge on any atom is -0.354 e. The highest BCUT2D eigenvalue weighted by Crippen LogP contribution is 2.11. The van der Waals surface area contributed by atoms with Gasteiger partial charge in [0.05, 0.1) is 6.54 Å². The van der Waals surface area contributed by atoms with Crippen molar-refractivity contribution in [1.82, 2.24) is 19.9 Å². The van der Waals surface area contributed by atoms with E-state index in [0.717, 1.165) is 11.6 Å². The third-order valence-corrected chi connectivity index (χ3v) is 2.77. The first-order valence-electron chi connectivity index (χ1n) is 5.05. The molecule has 0 aliphatic heterocycles. The van der Waals surface area contributed by atoms with Crippen LogP contribution in [-0.4, -0.2) is 26.5 Å². The molecule has 0 aliphatic rings. The van der Waals surface area contributed by atoms with Gasteiger partial charge in [-0.25, -0.2) is 4.98 Å². The summed E-state index contributed by atoms with van der Waals surface area (Å²) in [6.07, 6.45) is 1.76. The van der Waals surface area contributed by atoms with Crippen LogP contribution < -0.4 is 10.6 Å². The van der Waals surface area contributed by atoms with Gasteiger partial charge < -0.3 is 10.6 Å². The van der Waals surface area contributed by atoms with Crippen LogP contribution in [-0.2, 0) is 6.54 Å². The first kappa shape index (κ1) is 12.0. The molecule has 2 N–H and O–H groups in total. The molecule has 2 rings (SSSR count). The molecule has 0 aliphatic carbocycles. The number of rotatable bonds is 5. The normalized spacial score (nSPS) is 10.2. The zero-order valence-corrected chi connectivity index (χ0v) is 10.7. The summed E-state index contributed by atoms with van der Waals surface area (Å²) in [7, 11) is 0. The smallest absolute Gasteiger partial charge is 0.229 e. The Morgan fingerprint density at radius 3 is 2.65 bits per heavy atom. The van der Waals surface area contributed by atoms with Crippen LogP contribution in [0, 0.1) is 0 Å². The van der Waals surface area contributed by atoms with Crippen molar-refractivity contribution in [2.24, 2.45) is 0 Å². The molecule has 8 heteroatoms. The highest BCUT2D eigenvalue weighted by molar-refractivity contribution is 7.09. The second-order valence-electron chi connectivity index (χ2n) is 3.06. The second kappa shape index (κ2) is 5.74. The van der Waals surface area contributed by atoms with Crippen LogP contribution >= 0.6 is 22.9 Å². The number of nitrogens with one attached hydrogen (secondary N) is 2. The Kier molecular flexibility index (Phi) is 4.05. The highest BCUT2D eigenvalue weighted by Gasteiger charge is 2.04. The Hall–Kier alpha value is -1.47. The average molecular weight is 271 g/mol. The van der Waals surface area contributed by atoms with Gasteiger partial charge in [-0.05, 0) is 18.5 Å². The zero-order chi connectivity index (χ0) is 12.1. The van der Waals surface area contributed by atoms with Gasteiger partial charge in [0.2, 0.25) is 17.2 Å². The first-order valence-corrected chi connectivity index (χ1v) is 6.31. The number of hydrogen-bond donors (Lipinski definition) is 2. The molecule has 2 heterocycles. The van der Waals surface area contributed by atoms with Crippen molar-refractivity contribution in [3.05, 3.63) is 21.9 Å². The maximum atomic E-state index is 5.79. The molecule has 90 valence electrons. The topological polar surface area (TPSA) is 75.6 Å². The van der Waals surface area contributed by atoms with E-state index in [0.29, 0.717) is 18.4 Å². The number of halogens is 1. The molecule has 0 atom stereocenters. The lowest BCUT2D eigenvalue weighted by Gasteiger charge is -2.05. The van der Waals surface area contributed by atoms with Crippen LogP contribution in [0.4, 0.5) is 11.9 Å². The Morgan fingerprint density at radius 1 is 1.24 bits per heavy atom. The lowest BCUT2D eigenvalue weighted by atomic mass is 10.6. The number of nitrogens with zero attached hydrogens (tertiary/aromatic N) is 4. The van der Waals surface area contributed by atoms with Crippen LogP contribution in [0.1, 0.15) is 11.9 Å². The summed E-state index contributed by atoms with van der Waals surface area (Å²) in [6, 6.07) is 0. The molecule has 0 bridgehead atoms. The van der Waals surface area contributed by atoms with Gasteiger partial charge in [0.1, 0.15) is 5.01 Å². The van der Waals surface area contributed by atoms with Crippen molar-refractivity contribution in [1.29, 1.82) is 0 Å². The predicted molar refractivity (Wildman–Crippen MR) is 68.4 cm³/mol. The van der Waals surface area contributed by atoms with Crippen LogP contribution in [0.2, 0.25) is 5.28 Å². The van der Waals surface area contributed by atoms with Crippen LogP contribution in [0.3, 0.4) is 0 Å². The zero-order valence-electron chi connectivity index (χ0n) is 9.14. The lowest BCUT2D eigenvalue weighted by molar-refractivity contribution is 0.981. The van der Waals surface area contributed by atoms with Gasteiger partial charge in [0.15, 0.2) is 0 Å². The minimum atomic E-state index is 0.164. The van der Waals surface area contributed by atoms with Gasteiger partial charge in [-0.2, -0.15) is 15.0 Å². The van der Waals surface area contributed by atoms with E-state index in [4.69, 9.17) is 11.6 Å². The molecular formula is C9H11ClN6S. The van der Waals surface area contributed by atoms with Crippen LogP contribution in [0.15, 0.2) is 11.6 Å². The molecule has 6 nitrogen and oxygen atoms in total. The van der Waals surface area contributed by atoms with E-state index in [1.54, 1.807) is 17.5 Å². The van der Waals surface area contributed by atoms with Gasteiger partial charge >= 0.3 is 0 Å². The van der Waals surface area contributed by atoms with Crippen molar-refractivity contribution in [2.75, 3.05) is 17.2 Å². The monoisotopic (exact) mass is 270 g/mol.